The average Bonchev–Trinajstić information content (AvgIpc) is 3.23. The summed E-state index contributed by atoms with van der Waals surface area (Å²) in [5.41, 5.74) is 4.17. The standard InChI is InChI=1S/C25H26N4O2S/c1-15(2)17-9-10-20(21(11-17)16(3)4)22-14-32-25(27-22)28-23(30)13-29-24(31)19-8-6-5-7-18(19)12-26-29/h5-12,14-16H,13H2,1-4H3,(H,27,28,30). The van der Waals surface area contributed by atoms with E-state index in [9.17, 15) is 9.59 Å². The molecular formula is C25H26N4O2S. The maximum absolute atomic E-state index is 12.6. The Morgan fingerprint density at radius 2 is 1.88 bits per heavy atom. The molecule has 4 rings (SSSR count). The van der Waals surface area contributed by atoms with Crippen LogP contribution >= 0.6 is 11.3 Å². The largest absolute Gasteiger partial charge is 0.300 e. The van der Waals surface area contributed by atoms with Crippen LogP contribution in [0.5, 0.6) is 0 Å². The summed E-state index contributed by atoms with van der Waals surface area (Å²) in [4.78, 5) is 29.8. The highest BCUT2D eigenvalue weighted by Gasteiger charge is 2.15. The van der Waals surface area contributed by atoms with E-state index in [1.807, 2.05) is 17.5 Å². The van der Waals surface area contributed by atoms with Crippen LogP contribution in [0.25, 0.3) is 22.0 Å². The number of nitrogens with zero attached hydrogens (tertiary/aromatic N) is 3. The molecule has 2 aromatic carbocycles. The predicted molar refractivity (Wildman–Crippen MR) is 130 cm³/mol. The number of carbonyl (C=O) groups is 1. The van der Waals surface area contributed by atoms with Crippen LogP contribution in [0.2, 0.25) is 0 Å². The molecule has 0 spiro atoms. The summed E-state index contributed by atoms with van der Waals surface area (Å²) in [5, 5.41) is 10.7. The Kier molecular flexibility index (Phi) is 6.19. The lowest BCUT2D eigenvalue weighted by Gasteiger charge is -2.15. The third kappa shape index (κ3) is 4.48. The molecule has 7 heteroatoms. The summed E-state index contributed by atoms with van der Waals surface area (Å²) >= 11 is 1.37. The second-order valence-corrected chi connectivity index (χ2v) is 9.29. The van der Waals surface area contributed by atoms with E-state index in [-0.39, 0.29) is 18.0 Å². The van der Waals surface area contributed by atoms with Crippen LogP contribution in [0, 0.1) is 0 Å². The molecule has 0 radical (unpaired) electrons. The summed E-state index contributed by atoms with van der Waals surface area (Å²) in [6.45, 7) is 8.55. The molecule has 0 aliphatic heterocycles. The molecule has 164 valence electrons. The van der Waals surface area contributed by atoms with Crippen LogP contribution < -0.4 is 10.9 Å². The van der Waals surface area contributed by atoms with Crippen LogP contribution in [-0.4, -0.2) is 20.7 Å². The maximum Gasteiger partial charge on any atom is 0.275 e. The van der Waals surface area contributed by atoms with Gasteiger partial charge >= 0.3 is 0 Å². The van der Waals surface area contributed by atoms with Crippen molar-refractivity contribution < 1.29 is 4.79 Å². The smallest absolute Gasteiger partial charge is 0.275 e. The van der Waals surface area contributed by atoms with E-state index in [0.717, 1.165) is 16.6 Å². The number of aromatic nitrogens is 3. The molecule has 6 nitrogen and oxygen atoms in total. The van der Waals surface area contributed by atoms with Crippen molar-refractivity contribution in [2.24, 2.45) is 0 Å². The van der Waals surface area contributed by atoms with Gasteiger partial charge in [0.1, 0.15) is 6.54 Å². The van der Waals surface area contributed by atoms with Crippen LogP contribution in [0.4, 0.5) is 5.13 Å². The van der Waals surface area contributed by atoms with Crippen molar-refractivity contribution in [2.75, 3.05) is 5.32 Å². The molecule has 0 bridgehead atoms. The first-order chi connectivity index (χ1) is 15.3. The zero-order chi connectivity index (χ0) is 22.8. The lowest BCUT2D eigenvalue weighted by molar-refractivity contribution is -0.117. The van der Waals surface area contributed by atoms with Gasteiger partial charge in [-0.2, -0.15) is 5.10 Å². The first-order valence-electron chi connectivity index (χ1n) is 10.7. The normalized spacial score (nSPS) is 11.4. The fourth-order valence-electron chi connectivity index (χ4n) is 3.64. The van der Waals surface area contributed by atoms with Crippen molar-refractivity contribution in [3.63, 3.8) is 0 Å². The summed E-state index contributed by atoms with van der Waals surface area (Å²) in [7, 11) is 0. The van der Waals surface area contributed by atoms with Crippen LogP contribution in [0.15, 0.2) is 58.8 Å². The lowest BCUT2D eigenvalue weighted by Crippen LogP contribution is -2.29. The van der Waals surface area contributed by atoms with E-state index < -0.39 is 0 Å². The number of carbonyl (C=O) groups excluding carboxylic acids is 1. The van der Waals surface area contributed by atoms with Gasteiger partial charge in [-0.1, -0.05) is 64.1 Å². The number of hydrogen-bond acceptors (Lipinski definition) is 5. The highest BCUT2D eigenvalue weighted by Crippen LogP contribution is 2.33. The number of nitrogens with one attached hydrogen (secondary N) is 1. The molecule has 0 unspecified atom stereocenters. The predicted octanol–water partition coefficient (Wildman–Crippen LogP) is 5.41. The molecule has 2 heterocycles. The van der Waals surface area contributed by atoms with E-state index in [4.69, 9.17) is 0 Å². The molecule has 1 N–H and O–H groups in total. The molecule has 1 amide bonds. The zero-order valence-electron chi connectivity index (χ0n) is 18.6. The van der Waals surface area contributed by atoms with Gasteiger partial charge in [-0.3, -0.25) is 9.59 Å². The van der Waals surface area contributed by atoms with E-state index in [1.54, 1.807) is 18.3 Å². The van der Waals surface area contributed by atoms with Crippen molar-refractivity contribution in [1.29, 1.82) is 0 Å². The number of rotatable bonds is 6. The van der Waals surface area contributed by atoms with Gasteiger partial charge in [0.15, 0.2) is 5.13 Å². The number of thiazole rings is 1. The van der Waals surface area contributed by atoms with E-state index in [2.05, 4.69) is 61.3 Å². The Hall–Kier alpha value is -3.32. The summed E-state index contributed by atoms with van der Waals surface area (Å²) in [5.74, 6) is 0.475. The molecule has 32 heavy (non-hydrogen) atoms. The van der Waals surface area contributed by atoms with Gasteiger partial charge in [0.25, 0.3) is 5.56 Å². The fourth-order valence-corrected chi connectivity index (χ4v) is 4.37. The summed E-state index contributed by atoms with van der Waals surface area (Å²) in [6.07, 6.45) is 1.60. The maximum atomic E-state index is 12.6. The quantitative estimate of drug-likeness (QED) is 0.430. The minimum Gasteiger partial charge on any atom is -0.300 e. The minimum atomic E-state index is -0.338. The van der Waals surface area contributed by atoms with Crippen LogP contribution in [0.1, 0.15) is 50.7 Å². The SMILES string of the molecule is CC(C)c1ccc(-c2csc(NC(=O)Cn3ncc4ccccc4c3=O)n2)c(C(C)C)c1. The molecule has 0 saturated heterocycles. The Morgan fingerprint density at radius 3 is 2.62 bits per heavy atom. The Balaban J connectivity index is 1.53. The topological polar surface area (TPSA) is 76.9 Å². The third-order valence-electron chi connectivity index (χ3n) is 5.45. The second kappa shape index (κ2) is 9.04. The molecular weight excluding hydrogens is 420 g/mol. The van der Waals surface area contributed by atoms with E-state index in [1.165, 1.54) is 27.1 Å². The molecule has 0 fully saturated rings. The zero-order valence-corrected chi connectivity index (χ0v) is 19.4. The number of anilines is 1. The Morgan fingerprint density at radius 1 is 1.09 bits per heavy atom. The number of amides is 1. The lowest BCUT2D eigenvalue weighted by atomic mass is 9.90. The van der Waals surface area contributed by atoms with Crippen LogP contribution in [0.3, 0.4) is 0 Å². The van der Waals surface area contributed by atoms with Crippen molar-refractivity contribution in [1.82, 2.24) is 14.8 Å². The molecule has 0 saturated carbocycles. The van der Waals surface area contributed by atoms with Gasteiger partial charge in [-0.25, -0.2) is 9.67 Å². The summed E-state index contributed by atoms with van der Waals surface area (Å²) in [6, 6.07) is 13.7. The second-order valence-electron chi connectivity index (χ2n) is 8.44. The van der Waals surface area contributed by atoms with Gasteiger partial charge in [0.05, 0.1) is 17.3 Å². The van der Waals surface area contributed by atoms with E-state index >= 15 is 0 Å². The van der Waals surface area contributed by atoms with Crippen LogP contribution in [-0.2, 0) is 11.3 Å². The molecule has 4 aromatic rings. The van der Waals surface area contributed by atoms with Crippen molar-refractivity contribution in [3.05, 3.63) is 75.5 Å². The van der Waals surface area contributed by atoms with Gasteiger partial charge in [0.2, 0.25) is 5.91 Å². The third-order valence-corrected chi connectivity index (χ3v) is 6.20. The number of hydrogen-bond donors (Lipinski definition) is 1. The highest BCUT2D eigenvalue weighted by molar-refractivity contribution is 7.14. The average molecular weight is 447 g/mol. The number of fused-ring (bicyclic) bond motifs is 1. The van der Waals surface area contributed by atoms with E-state index in [0.29, 0.717) is 22.4 Å². The van der Waals surface area contributed by atoms with Gasteiger partial charge in [-0.15, -0.1) is 11.3 Å². The highest BCUT2D eigenvalue weighted by atomic mass is 32.1. The number of benzene rings is 2. The van der Waals surface area contributed by atoms with Gasteiger partial charge in [-0.05, 0) is 29.0 Å². The van der Waals surface area contributed by atoms with Gasteiger partial charge < -0.3 is 5.32 Å². The van der Waals surface area contributed by atoms with Crippen molar-refractivity contribution >= 4 is 33.1 Å². The molecule has 0 aliphatic rings. The Labute approximate surface area is 190 Å². The molecule has 2 aromatic heterocycles. The fraction of sp³-hybridized carbons (Fsp3) is 0.280. The van der Waals surface area contributed by atoms with Gasteiger partial charge in [0, 0.05) is 16.3 Å². The molecule has 0 aliphatic carbocycles. The summed E-state index contributed by atoms with van der Waals surface area (Å²) < 4.78 is 1.17. The first kappa shape index (κ1) is 21.9. The van der Waals surface area contributed by atoms with Crippen molar-refractivity contribution in [3.8, 4) is 11.3 Å². The van der Waals surface area contributed by atoms with Crippen molar-refractivity contribution in [2.45, 2.75) is 46.1 Å². The minimum absolute atomic E-state index is 0.168. The Bertz CT molecular complexity index is 1340. The molecule has 0 atom stereocenters. The first-order valence-corrected chi connectivity index (χ1v) is 11.6. The monoisotopic (exact) mass is 446 g/mol.